The highest BCUT2D eigenvalue weighted by Gasteiger charge is 2.43. The Labute approximate surface area is 166 Å². The maximum atomic E-state index is 12.8. The summed E-state index contributed by atoms with van der Waals surface area (Å²) in [4.78, 5) is 31.2. The van der Waals surface area contributed by atoms with Crippen molar-refractivity contribution in [1.82, 2.24) is 20.5 Å². The van der Waals surface area contributed by atoms with Gasteiger partial charge in [-0.15, -0.1) is 0 Å². The van der Waals surface area contributed by atoms with Gasteiger partial charge in [0.25, 0.3) is 0 Å². The van der Waals surface area contributed by atoms with Crippen molar-refractivity contribution in [3.8, 4) is 0 Å². The van der Waals surface area contributed by atoms with Crippen LogP contribution in [0.4, 0.5) is 0 Å². The highest BCUT2D eigenvalue weighted by atomic mass is 32.1. The molecule has 2 N–H and O–H groups in total. The van der Waals surface area contributed by atoms with E-state index in [-0.39, 0.29) is 29.7 Å². The quantitative estimate of drug-likeness (QED) is 0.554. The summed E-state index contributed by atoms with van der Waals surface area (Å²) in [5.41, 5.74) is 0.981. The molecule has 0 bridgehead atoms. The lowest BCUT2D eigenvalue weighted by Gasteiger charge is -2.43. The second kappa shape index (κ2) is 9.26. The fourth-order valence-corrected chi connectivity index (χ4v) is 4.30. The summed E-state index contributed by atoms with van der Waals surface area (Å²) < 4.78 is 0. The number of unbranched alkanes of at least 4 members (excludes halogenated alkanes) is 2. The van der Waals surface area contributed by atoms with Crippen LogP contribution in [0.25, 0.3) is 0 Å². The fraction of sp³-hybridized carbons (Fsp3) is 0.600. The number of hydrogen-bond donors (Lipinski definition) is 2. The van der Waals surface area contributed by atoms with Crippen molar-refractivity contribution in [2.75, 3.05) is 6.54 Å². The Morgan fingerprint density at radius 3 is 3.00 bits per heavy atom. The SMILES string of the molecule is CCCCCN1C(=O)C2CCC(C(=O)NCc3cccnc3)CC2NC1=S. The molecule has 3 rings (SSSR count). The third-order valence-electron chi connectivity index (χ3n) is 5.53. The number of carbonyl (C=O) groups is 2. The van der Waals surface area contributed by atoms with Crippen molar-refractivity contribution in [3.63, 3.8) is 0 Å². The zero-order valence-electron chi connectivity index (χ0n) is 15.8. The largest absolute Gasteiger partial charge is 0.359 e. The normalized spacial score (nSPS) is 24.9. The van der Waals surface area contributed by atoms with Crippen LogP contribution in [-0.2, 0) is 16.1 Å². The molecule has 6 nitrogen and oxygen atoms in total. The summed E-state index contributed by atoms with van der Waals surface area (Å²) in [5, 5.41) is 6.85. The summed E-state index contributed by atoms with van der Waals surface area (Å²) >= 11 is 5.43. The number of rotatable bonds is 7. The van der Waals surface area contributed by atoms with Gasteiger partial charge in [-0.2, -0.15) is 0 Å². The third kappa shape index (κ3) is 4.83. The number of nitrogens with one attached hydrogen (secondary N) is 2. The van der Waals surface area contributed by atoms with Gasteiger partial charge in [0.1, 0.15) is 0 Å². The molecule has 2 heterocycles. The highest BCUT2D eigenvalue weighted by molar-refractivity contribution is 7.80. The van der Waals surface area contributed by atoms with Gasteiger partial charge >= 0.3 is 0 Å². The van der Waals surface area contributed by atoms with Crippen molar-refractivity contribution >= 4 is 29.1 Å². The molecule has 3 atom stereocenters. The Balaban J connectivity index is 1.53. The first-order valence-corrected chi connectivity index (χ1v) is 10.3. The Morgan fingerprint density at radius 2 is 2.26 bits per heavy atom. The highest BCUT2D eigenvalue weighted by Crippen LogP contribution is 2.33. The van der Waals surface area contributed by atoms with E-state index in [2.05, 4.69) is 22.5 Å². The van der Waals surface area contributed by atoms with E-state index < -0.39 is 0 Å². The molecule has 0 aromatic carbocycles. The maximum absolute atomic E-state index is 12.8. The first-order valence-electron chi connectivity index (χ1n) is 9.88. The first kappa shape index (κ1) is 19.7. The number of amides is 2. The maximum Gasteiger partial charge on any atom is 0.233 e. The molecule has 1 saturated carbocycles. The number of nitrogens with zero attached hydrogens (tertiary/aromatic N) is 2. The number of thiocarbonyl (C=S) groups is 1. The van der Waals surface area contributed by atoms with Crippen molar-refractivity contribution in [3.05, 3.63) is 30.1 Å². The number of hydrogen-bond acceptors (Lipinski definition) is 4. The predicted molar refractivity (Wildman–Crippen MR) is 108 cm³/mol. The monoisotopic (exact) mass is 388 g/mol. The molecule has 2 amide bonds. The van der Waals surface area contributed by atoms with Crippen LogP contribution in [-0.4, -0.2) is 39.4 Å². The van der Waals surface area contributed by atoms with Crippen molar-refractivity contribution < 1.29 is 9.59 Å². The molecule has 7 heteroatoms. The number of pyridine rings is 1. The average molecular weight is 389 g/mol. The van der Waals surface area contributed by atoms with E-state index in [4.69, 9.17) is 12.2 Å². The van der Waals surface area contributed by atoms with Crippen molar-refractivity contribution in [2.24, 2.45) is 11.8 Å². The van der Waals surface area contributed by atoms with E-state index in [0.29, 0.717) is 24.6 Å². The van der Waals surface area contributed by atoms with Gasteiger partial charge < -0.3 is 10.6 Å². The molecular formula is C20H28N4O2S. The van der Waals surface area contributed by atoms with Gasteiger partial charge in [0, 0.05) is 37.4 Å². The lowest BCUT2D eigenvalue weighted by molar-refractivity contribution is -0.137. The molecule has 146 valence electrons. The van der Waals surface area contributed by atoms with E-state index in [9.17, 15) is 9.59 Å². The topological polar surface area (TPSA) is 74.3 Å². The molecule has 1 aliphatic carbocycles. The van der Waals surface area contributed by atoms with E-state index in [1.54, 1.807) is 17.3 Å². The molecule has 1 aromatic rings. The lowest BCUT2D eigenvalue weighted by atomic mass is 9.76. The predicted octanol–water partition coefficient (Wildman–Crippen LogP) is 2.39. The molecule has 3 unspecified atom stereocenters. The molecule has 1 aromatic heterocycles. The number of carbonyl (C=O) groups excluding carboxylic acids is 2. The standard InChI is InChI=1S/C20H28N4O2S/c1-2-3-4-10-24-19(26)16-8-7-15(11-17(16)23-20(24)27)18(25)22-13-14-6-5-9-21-12-14/h5-6,9,12,15-17H,2-4,7-8,10-11,13H2,1H3,(H,22,25)(H,23,27). The molecular weight excluding hydrogens is 360 g/mol. The Kier molecular flexibility index (Phi) is 6.77. The van der Waals surface area contributed by atoms with Crippen LogP contribution in [0.3, 0.4) is 0 Å². The van der Waals surface area contributed by atoms with E-state index in [1.165, 1.54) is 0 Å². The number of fused-ring (bicyclic) bond motifs is 1. The molecule has 27 heavy (non-hydrogen) atoms. The number of aromatic nitrogens is 1. The summed E-state index contributed by atoms with van der Waals surface area (Å²) in [6.45, 7) is 3.31. The van der Waals surface area contributed by atoms with Crippen LogP contribution in [0, 0.1) is 11.8 Å². The molecule has 0 spiro atoms. The van der Waals surface area contributed by atoms with E-state index >= 15 is 0 Å². The van der Waals surface area contributed by atoms with Gasteiger partial charge in [0.2, 0.25) is 11.8 Å². The molecule has 2 aliphatic rings. The van der Waals surface area contributed by atoms with Crippen molar-refractivity contribution in [2.45, 2.75) is 58.0 Å². The van der Waals surface area contributed by atoms with Gasteiger partial charge in [-0.25, -0.2) is 0 Å². The van der Waals surface area contributed by atoms with Gasteiger partial charge in [0.15, 0.2) is 5.11 Å². The fourth-order valence-electron chi connectivity index (χ4n) is 3.97. The van der Waals surface area contributed by atoms with Crippen LogP contribution in [0.5, 0.6) is 0 Å². The second-order valence-corrected chi connectivity index (χ2v) is 7.84. The molecule has 2 fully saturated rings. The Hall–Kier alpha value is -2.02. The minimum atomic E-state index is -0.0855. The Morgan fingerprint density at radius 1 is 1.41 bits per heavy atom. The zero-order valence-corrected chi connectivity index (χ0v) is 16.6. The van der Waals surface area contributed by atoms with Crippen LogP contribution >= 0.6 is 12.2 Å². The zero-order chi connectivity index (χ0) is 19.2. The second-order valence-electron chi connectivity index (χ2n) is 7.45. The summed E-state index contributed by atoms with van der Waals surface area (Å²) in [7, 11) is 0. The third-order valence-corrected chi connectivity index (χ3v) is 5.87. The lowest BCUT2D eigenvalue weighted by Crippen LogP contribution is -2.62. The summed E-state index contributed by atoms with van der Waals surface area (Å²) in [6, 6.07) is 3.77. The smallest absolute Gasteiger partial charge is 0.233 e. The van der Waals surface area contributed by atoms with Gasteiger partial charge in [-0.1, -0.05) is 25.8 Å². The van der Waals surface area contributed by atoms with E-state index in [0.717, 1.165) is 37.7 Å². The summed E-state index contributed by atoms with van der Waals surface area (Å²) in [6.07, 6.45) is 8.77. The Bertz CT molecular complexity index is 682. The minimum Gasteiger partial charge on any atom is -0.359 e. The first-order chi connectivity index (χ1) is 13.1. The summed E-state index contributed by atoms with van der Waals surface area (Å²) in [5.74, 6) is 0.0234. The average Bonchev–Trinajstić information content (AvgIpc) is 2.69. The molecule has 1 aliphatic heterocycles. The van der Waals surface area contributed by atoms with Gasteiger partial charge in [-0.3, -0.25) is 19.5 Å². The van der Waals surface area contributed by atoms with Gasteiger partial charge in [-0.05, 0) is 49.5 Å². The van der Waals surface area contributed by atoms with Crippen LogP contribution in [0.15, 0.2) is 24.5 Å². The van der Waals surface area contributed by atoms with Crippen LogP contribution < -0.4 is 10.6 Å². The van der Waals surface area contributed by atoms with Gasteiger partial charge in [0.05, 0.1) is 5.92 Å². The molecule has 1 saturated heterocycles. The van der Waals surface area contributed by atoms with Crippen molar-refractivity contribution in [1.29, 1.82) is 0 Å². The minimum absolute atomic E-state index is 0.0321. The van der Waals surface area contributed by atoms with Crippen LogP contribution in [0.2, 0.25) is 0 Å². The van der Waals surface area contributed by atoms with E-state index in [1.807, 2.05) is 12.1 Å². The van der Waals surface area contributed by atoms with Crippen LogP contribution in [0.1, 0.15) is 51.0 Å². The molecule has 0 radical (unpaired) electrons.